The van der Waals surface area contributed by atoms with Gasteiger partial charge in [-0.05, 0) is 13.3 Å². The molecule has 80 valence electrons. The first kappa shape index (κ1) is 11.2. The lowest BCUT2D eigenvalue weighted by Gasteiger charge is -1.98. The summed E-state index contributed by atoms with van der Waals surface area (Å²) in [5, 5.41) is 0. The number of allylic oxidation sites excluding steroid dienone is 1. The van der Waals surface area contributed by atoms with Gasteiger partial charge in [0.2, 0.25) is 0 Å². The van der Waals surface area contributed by atoms with Crippen molar-refractivity contribution < 1.29 is 14.3 Å². The highest BCUT2D eigenvalue weighted by atomic mass is 16.6. The van der Waals surface area contributed by atoms with Crippen molar-refractivity contribution in [1.82, 2.24) is 0 Å². The molecule has 0 radical (unpaired) electrons. The third-order valence-electron chi connectivity index (χ3n) is 2.21. The van der Waals surface area contributed by atoms with Crippen molar-refractivity contribution in [3.63, 3.8) is 0 Å². The molecule has 2 unspecified atom stereocenters. The second-order valence-corrected chi connectivity index (χ2v) is 3.46. The van der Waals surface area contributed by atoms with Crippen LogP contribution in [-0.2, 0) is 14.3 Å². The summed E-state index contributed by atoms with van der Waals surface area (Å²) in [6.45, 7) is 4.40. The zero-order chi connectivity index (χ0) is 10.4. The standard InChI is InChI=1S/C11H18O3/c1-3-5-9-10(14-9)7-8-13-11(12)6-4-2/h4,6,9-10H,3,5,7-8H2,1-2H3. The van der Waals surface area contributed by atoms with Gasteiger partial charge in [-0.3, -0.25) is 0 Å². The first-order chi connectivity index (χ1) is 6.77. The van der Waals surface area contributed by atoms with Gasteiger partial charge in [0.05, 0.1) is 18.8 Å². The molecule has 0 aliphatic carbocycles. The van der Waals surface area contributed by atoms with E-state index in [1.807, 2.05) is 0 Å². The summed E-state index contributed by atoms with van der Waals surface area (Å²) < 4.78 is 10.3. The van der Waals surface area contributed by atoms with Crippen molar-refractivity contribution in [2.75, 3.05) is 6.61 Å². The Balaban J connectivity index is 1.98. The molecule has 0 amide bonds. The third-order valence-corrected chi connectivity index (χ3v) is 2.21. The highest BCUT2D eigenvalue weighted by molar-refractivity contribution is 5.81. The predicted molar refractivity (Wildman–Crippen MR) is 54.0 cm³/mol. The van der Waals surface area contributed by atoms with E-state index in [0.717, 1.165) is 19.3 Å². The Morgan fingerprint density at radius 2 is 2.14 bits per heavy atom. The van der Waals surface area contributed by atoms with Crippen LogP contribution >= 0.6 is 0 Å². The maximum absolute atomic E-state index is 10.9. The Morgan fingerprint density at radius 3 is 2.79 bits per heavy atom. The summed E-state index contributed by atoms with van der Waals surface area (Å²) in [6.07, 6.45) is 6.95. The lowest BCUT2D eigenvalue weighted by Crippen LogP contribution is -2.05. The molecule has 1 aliphatic heterocycles. The number of carbonyl (C=O) groups excluding carboxylic acids is 1. The summed E-state index contributed by atoms with van der Waals surface area (Å²) in [7, 11) is 0. The van der Waals surface area contributed by atoms with Crippen molar-refractivity contribution in [2.24, 2.45) is 0 Å². The molecule has 0 N–H and O–H groups in total. The SMILES string of the molecule is CC=CC(=O)OCCC1OC1CCC. The average Bonchev–Trinajstić information content (AvgIpc) is 2.85. The zero-order valence-corrected chi connectivity index (χ0v) is 8.86. The molecule has 0 bridgehead atoms. The largest absolute Gasteiger partial charge is 0.462 e. The second kappa shape index (κ2) is 5.81. The van der Waals surface area contributed by atoms with Crippen molar-refractivity contribution >= 4 is 5.97 Å². The molecule has 3 nitrogen and oxygen atoms in total. The molecule has 1 fully saturated rings. The van der Waals surface area contributed by atoms with Crippen molar-refractivity contribution in [3.05, 3.63) is 12.2 Å². The van der Waals surface area contributed by atoms with Gasteiger partial charge in [-0.25, -0.2) is 4.79 Å². The first-order valence-corrected chi connectivity index (χ1v) is 5.22. The van der Waals surface area contributed by atoms with E-state index in [-0.39, 0.29) is 5.97 Å². The topological polar surface area (TPSA) is 38.8 Å². The molecule has 0 aromatic heterocycles. The van der Waals surface area contributed by atoms with Gasteiger partial charge in [-0.1, -0.05) is 19.4 Å². The molecule has 3 heteroatoms. The Labute approximate surface area is 85.1 Å². The fourth-order valence-corrected chi connectivity index (χ4v) is 1.43. The van der Waals surface area contributed by atoms with Crippen LogP contribution in [0.2, 0.25) is 0 Å². The smallest absolute Gasteiger partial charge is 0.330 e. The molecule has 0 spiro atoms. The number of ether oxygens (including phenoxy) is 2. The van der Waals surface area contributed by atoms with Crippen molar-refractivity contribution in [3.8, 4) is 0 Å². The summed E-state index contributed by atoms with van der Waals surface area (Å²) in [4.78, 5) is 10.9. The van der Waals surface area contributed by atoms with E-state index >= 15 is 0 Å². The van der Waals surface area contributed by atoms with Gasteiger partial charge in [0.25, 0.3) is 0 Å². The van der Waals surface area contributed by atoms with Crippen molar-refractivity contribution in [2.45, 2.75) is 45.3 Å². The number of hydrogen-bond donors (Lipinski definition) is 0. The van der Waals surface area contributed by atoms with Crippen LogP contribution in [0.5, 0.6) is 0 Å². The van der Waals surface area contributed by atoms with Crippen LogP contribution in [0.3, 0.4) is 0 Å². The molecule has 14 heavy (non-hydrogen) atoms. The van der Waals surface area contributed by atoms with Crippen molar-refractivity contribution in [1.29, 1.82) is 0 Å². The van der Waals surface area contributed by atoms with E-state index in [4.69, 9.17) is 9.47 Å². The highest BCUT2D eigenvalue weighted by Gasteiger charge is 2.37. The molecular formula is C11H18O3. The Hall–Kier alpha value is -0.830. The molecule has 0 aromatic carbocycles. The lowest BCUT2D eigenvalue weighted by atomic mass is 10.2. The number of carbonyl (C=O) groups is 1. The number of esters is 1. The van der Waals surface area contributed by atoms with Crippen LogP contribution in [0.1, 0.15) is 33.1 Å². The summed E-state index contributed by atoms with van der Waals surface area (Å²) in [6, 6.07) is 0. The number of hydrogen-bond acceptors (Lipinski definition) is 3. The normalized spacial score (nSPS) is 25.3. The lowest BCUT2D eigenvalue weighted by molar-refractivity contribution is -0.137. The van der Waals surface area contributed by atoms with Crippen LogP contribution in [0, 0.1) is 0 Å². The minimum Gasteiger partial charge on any atom is -0.462 e. The molecule has 0 saturated carbocycles. The highest BCUT2D eigenvalue weighted by Crippen LogP contribution is 2.28. The van der Waals surface area contributed by atoms with Gasteiger partial charge in [-0.2, -0.15) is 0 Å². The Bertz CT molecular complexity index is 211. The van der Waals surface area contributed by atoms with Gasteiger partial charge in [-0.15, -0.1) is 0 Å². The first-order valence-electron chi connectivity index (χ1n) is 5.22. The minimum atomic E-state index is -0.264. The maximum Gasteiger partial charge on any atom is 0.330 e. The van der Waals surface area contributed by atoms with Gasteiger partial charge >= 0.3 is 5.97 Å². The van der Waals surface area contributed by atoms with Gasteiger partial charge in [0, 0.05) is 12.5 Å². The molecule has 1 saturated heterocycles. The van der Waals surface area contributed by atoms with E-state index in [1.165, 1.54) is 6.08 Å². The molecule has 2 atom stereocenters. The Kier molecular flexibility index (Phi) is 4.66. The van der Waals surface area contributed by atoms with E-state index in [9.17, 15) is 4.79 Å². The van der Waals surface area contributed by atoms with Crippen LogP contribution in [-0.4, -0.2) is 24.8 Å². The second-order valence-electron chi connectivity index (χ2n) is 3.46. The summed E-state index contributed by atoms with van der Waals surface area (Å²) in [5.41, 5.74) is 0. The van der Waals surface area contributed by atoms with Crippen LogP contribution in [0.4, 0.5) is 0 Å². The maximum atomic E-state index is 10.9. The van der Waals surface area contributed by atoms with E-state index in [1.54, 1.807) is 13.0 Å². The fraction of sp³-hybridized carbons (Fsp3) is 0.727. The minimum absolute atomic E-state index is 0.264. The number of epoxide rings is 1. The van der Waals surface area contributed by atoms with E-state index < -0.39 is 0 Å². The molecule has 1 rings (SSSR count). The molecule has 1 aliphatic rings. The third kappa shape index (κ3) is 3.92. The summed E-state index contributed by atoms with van der Waals surface area (Å²) in [5.74, 6) is -0.264. The van der Waals surface area contributed by atoms with Gasteiger partial charge in [0.15, 0.2) is 0 Å². The van der Waals surface area contributed by atoms with Gasteiger partial charge < -0.3 is 9.47 Å². The molecular weight excluding hydrogens is 180 g/mol. The van der Waals surface area contributed by atoms with Crippen LogP contribution in [0.15, 0.2) is 12.2 Å². The molecule has 0 aromatic rings. The van der Waals surface area contributed by atoms with Crippen LogP contribution < -0.4 is 0 Å². The predicted octanol–water partition coefficient (Wildman–Crippen LogP) is 2.06. The number of rotatable bonds is 6. The quantitative estimate of drug-likeness (QED) is 0.372. The monoisotopic (exact) mass is 198 g/mol. The van der Waals surface area contributed by atoms with E-state index in [0.29, 0.717) is 18.8 Å². The fourth-order valence-electron chi connectivity index (χ4n) is 1.43. The summed E-state index contributed by atoms with van der Waals surface area (Å²) >= 11 is 0. The Morgan fingerprint density at radius 1 is 1.43 bits per heavy atom. The zero-order valence-electron chi connectivity index (χ0n) is 8.86. The average molecular weight is 198 g/mol. The van der Waals surface area contributed by atoms with Gasteiger partial charge in [0.1, 0.15) is 0 Å². The molecule has 1 heterocycles. The van der Waals surface area contributed by atoms with E-state index in [2.05, 4.69) is 6.92 Å². The van der Waals surface area contributed by atoms with Crippen LogP contribution in [0.25, 0.3) is 0 Å².